The van der Waals surface area contributed by atoms with E-state index in [0.717, 1.165) is 74.1 Å². The van der Waals surface area contributed by atoms with E-state index < -0.39 is 0 Å². The standard InChI is InChI=1S/C24H29N3O2/c28-24(23-21-7-4-8-22(21)25-26-23)27(19-11-12-19)15-17-9-13-20(14-10-17)29-16-18-5-2-1-3-6-18/h1-2,9-10,13-14,18-19H,3-8,11-12,15-16H2,(H,25,26). The van der Waals surface area contributed by atoms with Crippen LogP contribution in [0.3, 0.4) is 0 Å². The molecule has 1 aromatic carbocycles. The number of carbonyl (C=O) groups is 1. The molecule has 1 saturated carbocycles. The Bertz CT molecular complexity index is 895. The van der Waals surface area contributed by atoms with Crippen LogP contribution >= 0.6 is 0 Å². The molecule has 1 aromatic heterocycles. The van der Waals surface area contributed by atoms with Crippen molar-refractivity contribution in [2.75, 3.05) is 6.61 Å². The average molecular weight is 392 g/mol. The molecule has 5 heteroatoms. The van der Waals surface area contributed by atoms with E-state index in [1.54, 1.807) is 0 Å². The van der Waals surface area contributed by atoms with Crippen LogP contribution in [-0.2, 0) is 19.4 Å². The van der Waals surface area contributed by atoms with E-state index in [2.05, 4.69) is 34.5 Å². The number of aryl methyl sites for hydroxylation is 1. The van der Waals surface area contributed by atoms with Gasteiger partial charge in [0, 0.05) is 23.8 Å². The summed E-state index contributed by atoms with van der Waals surface area (Å²) in [4.78, 5) is 15.2. The number of allylic oxidation sites excluding steroid dienone is 2. The normalized spacial score (nSPS) is 20.5. The van der Waals surface area contributed by atoms with Gasteiger partial charge in [0.2, 0.25) is 0 Å². The van der Waals surface area contributed by atoms with Crippen LogP contribution in [0.1, 0.15) is 65.8 Å². The maximum absolute atomic E-state index is 13.2. The Hall–Kier alpha value is -2.56. The molecule has 0 bridgehead atoms. The van der Waals surface area contributed by atoms with Crippen molar-refractivity contribution in [2.24, 2.45) is 5.92 Å². The summed E-state index contributed by atoms with van der Waals surface area (Å²) in [6.45, 7) is 1.42. The second kappa shape index (κ2) is 8.05. The third-order valence-corrected chi connectivity index (χ3v) is 6.40. The van der Waals surface area contributed by atoms with Crippen LogP contribution in [0.15, 0.2) is 36.4 Å². The molecule has 152 valence electrons. The Kier molecular flexibility index (Phi) is 5.13. The number of fused-ring (bicyclic) bond motifs is 1. The second-order valence-corrected chi connectivity index (χ2v) is 8.65. The van der Waals surface area contributed by atoms with Gasteiger partial charge in [-0.25, -0.2) is 0 Å². The monoisotopic (exact) mass is 391 g/mol. The van der Waals surface area contributed by atoms with Gasteiger partial charge in [0.15, 0.2) is 5.69 Å². The number of ether oxygens (including phenoxy) is 1. The minimum Gasteiger partial charge on any atom is -0.493 e. The summed E-state index contributed by atoms with van der Waals surface area (Å²) in [6.07, 6.45) is 13.3. The zero-order valence-corrected chi connectivity index (χ0v) is 16.9. The number of nitrogens with zero attached hydrogens (tertiary/aromatic N) is 2. The first-order chi connectivity index (χ1) is 14.3. The van der Waals surface area contributed by atoms with E-state index in [-0.39, 0.29) is 5.91 Å². The molecule has 0 saturated heterocycles. The van der Waals surface area contributed by atoms with Gasteiger partial charge in [-0.1, -0.05) is 24.3 Å². The average Bonchev–Trinajstić information content (AvgIpc) is 3.35. The summed E-state index contributed by atoms with van der Waals surface area (Å²) in [5.74, 6) is 1.62. The molecule has 3 aliphatic carbocycles. The topological polar surface area (TPSA) is 58.2 Å². The third kappa shape index (κ3) is 4.09. The molecule has 0 radical (unpaired) electrons. The summed E-state index contributed by atoms with van der Waals surface area (Å²) in [6, 6.07) is 8.61. The molecule has 5 rings (SSSR count). The number of aromatic nitrogens is 2. The van der Waals surface area contributed by atoms with Crippen LogP contribution in [0.2, 0.25) is 0 Å². The summed E-state index contributed by atoms with van der Waals surface area (Å²) in [5.41, 5.74) is 4.08. The number of benzene rings is 1. The third-order valence-electron chi connectivity index (χ3n) is 6.40. The molecule has 0 spiro atoms. The largest absolute Gasteiger partial charge is 0.493 e. The quantitative estimate of drug-likeness (QED) is 0.710. The molecule has 0 aliphatic heterocycles. The van der Waals surface area contributed by atoms with Crippen LogP contribution < -0.4 is 4.74 Å². The van der Waals surface area contributed by atoms with Crippen LogP contribution in [0.4, 0.5) is 0 Å². The fourth-order valence-electron chi connectivity index (χ4n) is 4.49. The first kappa shape index (κ1) is 18.5. The predicted molar refractivity (Wildman–Crippen MR) is 112 cm³/mol. The van der Waals surface area contributed by atoms with Crippen molar-refractivity contribution < 1.29 is 9.53 Å². The van der Waals surface area contributed by atoms with Crippen LogP contribution in [0, 0.1) is 5.92 Å². The van der Waals surface area contributed by atoms with E-state index in [1.807, 2.05) is 17.0 Å². The summed E-state index contributed by atoms with van der Waals surface area (Å²) in [5, 5.41) is 7.43. The highest BCUT2D eigenvalue weighted by Crippen LogP contribution is 2.32. The molecular weight excluding hydrogens is 362 g/mol. The first-order valence-corrected chi connectivity index (χ1v) is 11.0. The maximum Gasteiger partial charge on any atom is 0.275 e. The van der Waals surface area contributed by atoms with Crippen molar-refractivity contribution in [3.63, 3.8) is 0 Å². The van der Waals surface area contributed by atoms with E-state index >= 15 is 0 Å². The minimum atomic E-state index is 0.0811. The second-order valence-electron chi connectivity index (χ2n) is 8.65. The minimum absolute atomic E-state index is 0.0811. The molecule has 3 aliphatic rings. The fraction of sp³-hybridized carbons (Fsp3) is 0.500. The Morgan fingerprint density at radius 1 is 1.14 bits per heavy atom. The van der Waals surface area contributed by atoms with Crippen LogP contribution in [0.5, 0.6) is 5.75 Å². The Balaban J connectivity index is 1.23. The van der Waals surface area contributed by atoms with E-state index in [9.17, 15) is 4.79 Å². The van der Waals surface area contributed by atoms with Crippen LogP contribution in [0.25, 0.3) is 0 Å². The highest BCUT2D eigenvalue weighted by atomic mass is 16.5. The molecule has 29 heavy (non-hydrogen) atoms. The number of H-pyrrole nitrogens is 1. The lowest BCUT2D eigenvalue weighted by atomic mass is 9.95. The van der Waals surface area contributed by atoms with Crippen molar-refractivity contribution in [2.45, 2.75) is 64.0 Å². The lowest BCUT2D eigenvalue weighted by Crippen LogP contribution is -2.33. The van der Waals surface area contributed by atoms with Crippen molar-refractivity contribution in [1.29, 1.82) is 0 Å². The van der Waals surface area contributed by atoms with Gasteiger partial charge in [-0.05, 0) is 75.0 Å². The van der Waals surface area contributed by atoms with E-state index in [4.69, 9.17) is 4.74 Å². The predicted octanol–water partition coefficient (Wildman–Crippen LogP) is 4.44. The zero-order valence-electron chi connectivity index (χ0n) is 16.9. The van der Waals surface area contributed by atoms with Crippen molar-refractivity contribution in [3.05, 3.63) is 58.9 Å². The van der Waals surface area contributed by atoms with Gasteiger partial charge in [0.05, 0.1) is 6.61 Å². The summed E-state index contributed by atoms with van der Waals surface area (Å²) >= 11 is 0. The molecule has 1 atom stereocenters. The number of rotatable bonds is 7. The van der Waals surface area contributed by atoms with E-state index in [1.165, 1.54) is 6.42 Å². The van der Waals surface area contributed by atoms with Crippen LogP contribution in [-0.4, -0.2) is 33.7 Å². The first-order valence-electron chi connectivity index (χ1n) is 11.0. The lowest BCUT2D eigenvalue weighted by Gasteiger charge is -2.22. The Labute approximate surface area is 172 Å². The summed E-state index contributed by atoms with van der Waals surface area (Å²) in [7, 11) is 0. The number of hydrogen-bond acceptors (Lipinski definition) is 3. The van der Waals surface area contributed by atoms with Gasteiger partial charge in [0.1, 0.15) is 5.75 Å². The number of aromatic amines is 1. The molecular formula is C24H29N3O2. The lowest BCUT2D eigenvalue weighted by molar-refractivity contribution is 0.0723. The molecule has 5 nitrogen and oxygen atoms in total. The highest BCUT2D eigenvalue weighted by molar-refractivity contribution is 5.94. The molecule has 1 unspecified atom stereocenters. The molecule has 1 amide bonds. The zero-order chi connectivity index (χ0) is 19.6. The van der Waals surface area contributed by atoms with Gasteiger partial charge in [-0.3, -0.25) is 9.89 Å². The number of nitrogens with one attached hydrogen (secondary N) is 1. The number of hydrogen-bond donors (Lipinski definition) is 1. The molecule has 1 fully saturated rings. The van der Waals surface area contributed by atoms with Gasteiger partial charge in [-0.2, -0.15) is 5.10 Å². The van der Waals surface area contributed by atoms with E-state index in [0.29, 0.717) is 24.2 Å². The van der Waals surface area contributed by atoms with Crippen molar-refractivity contribution in [1.82, 2.24) is 15.1 Å². The molecule has 1 N–H and O–H groups in total. The maximum atomic E-state index is 13.2. The Morgan fingerprint density at radius 3 is 2.76 bits per heavy atom. The number of carbonyl (C=O) groups excluding carboxylic acids is 1. The molecule has 1 heterocycles. The van der Waals surface area contributed by atoms with Gasteiger partial charge < -0.3 is 9.64 Å². The highest BCUT2D eigenvalue weighted by Gasteiger charge is 2.36. The van der Waals surface area contributed by atoms with Gasteiger partial charge in [0.25, 0.3) is 5.91 Å². The Morgan fingerprint density at radius 2 is 2.00 bits per heavy atom. The molecule has 2 aromatic rings. The van der Waals surface area contributed by atoms with Gasteiger partial charge in [-0.15, -0.1) is 0 Å². The van der Waals surface area contributed by atoms with Crippen molar-refractivity contribution >= 4 is 5.91 Å². The number of amides is 1. The van der Waals surface area contributed by atoms with Crippen molar-refractivity contribution in [3.8, 4) is 5.75 Å². The summed E-state index contributed by atoms with van der Waals surface area (Å²) < 4.78 is 5.99. The smallest absolute Gasteiger partial charge is 0.275 e. The van der Waals surface area contributed by atoms with Gasteiger partial charge >= 0.3 is 0 Å². The fourth-order valence-corrected chi connectivity index (χ4v) is 4.49. The SMILES string of the molecule is O=C(c1n[nH]c2c1CCC2)N(Cc1ccc(OCC2CC=CCC2)cc1)C1CC1.